The molecule has 0 saturated carbocycles. The van der Waals surface area contributed by atoms with Crippen molar-refractivity contribution in [2.24, 2.45) is 0 Å². The molecule has 4 heteroatoms. The van der Waals surface area contributed by atoms with Gasteiger partial charge in [-0.15, -0.1) is 0 Å². The van der Waals surface area contributed by atoms with Crippen LogP contribution in [-0.4, -0.2) is 27.0 Å². The van der Waals surface area contributed by atoms with Crippen LogP contribution in [0.15, 0.2) is 11.6 Å². The second-order valence-corrected chi connectivity index (χ2v) is 12.0. The first-order chi connectivity index (χ1) is 9.99. The molecule has 0 spiro atoms. The zero-order valence-corrected chi connectivity index (χ0v) is 16.5. The minimum absolute atomic E-state index is 0.118. The normalized spacial score (nSPS) is 12.9. The standard InChI is InChI=1S/C18H32O3Si/c1-9-20-17(19)14-13-16(12-10-11-15(2)3)21-22(7,8)18(4,5)6/h11,16H,9-10,12H2,1-8H3. The molecule has 0 saturated heterocycles. The van der Waals surface area contributed by atoms with Crippen LogP contribution in [-0.2, 0) is 14.0 Å². The van der Waals surface area contributed by atoms with Gasteiger partial charge in [0.1, 0.15) is 6.10 Å². The van der Waals surface area contributed by atoms with E-state index in [1.165, 1.54) is 5.57 Å². The average molecular weight is 325 g/mol. The number of allylic oxidation sites excluding steroid dienone is 2. The number of hydrogen-bond donors (Lipinski definition) is 0. The van der Waals surface area contributed by atoms with Crippen LogP contribution in [0.1, 0.15) is 54.4 Å². The van der Waals surface area contributed by atoms with Gasteiger partial charge in [-0.2, -0.15) is 0 Å². The lowest BCUT2D eigenvalue weighted by Gasteiger charge is -2.38. The molecule has 3 nitrogen and oxygen atoms in total. The molecule has 0 heterocycles. The van der Waals surface area contributed by atoms with Crippen molar-refractivity contribution in [2.75, 3.05) is 6.61 Å². The van der Waals surface area contributed by atoms with Gasteiger partial charge in [0.05, 0.1) is 6.61 Å². The van der Waals surface area contributed by atoms with Crippen LogP contribution in [0.25, 0.3) is 0 Å². The third-order valence-electron chi connectivity index (χ3n) is 3.84. The second kappa shape index (κ2) is 9.17. The van der Waals surface area contributed by atoms with Crippen molar-refractivity contribution in [3.05, 3.63) is 11.6 Å². The van der Waals surface area contributed by atoms with Crippen molar-refractivity contribution in [3.63, 3.8) is 0 Å². The fourth-order valence-electron chi connectivity index (χ4n) is 1.52. The van der Waals surface area contributed by atoms with Crippen LogP contribution >= 0.6 is 0 Å². The summed E-state index contributed by atoms with van der Waals surface area (Å²) >= 11 is 0. The Labute approximate surface area is 137 Å². The fourth-order valence-corrected chi connectivity index (χ4v) is 2.76. The van der Waals surface area contributed by atoms with Gasteiger partial charge in [-0.05, 0) is 51.7 Å². The average Bonchev–Trinajstić information content (AvgIpc) is 2.34. The summed E-state index contributed by atoms with van der Waals surface area (Å²) in [5.41, 5.74) is 1.28. The van der Waals surface area contributed by atoms with Crippen LogP contribution in [0.3, 0.4) is 0 Å². The van der Waals surface area contributed by atoms with E-state index in [9.17, 15) is 4.79 Å². The summed E-state index contributed by atoms with van der Waals surface area (Å²) in [7, 11) is -1.91. The van der Waals surface area contributed by atoms with Crippen molar-refractivity contribution >= 4 is 14.3 Å². The second-order valence-electron chi connectivity index (χ2n) is 7.22. The largest absolute Gasteiger partial charge is 0.456 e. The van der Waals surface area contributed by atoms with Crippen LogP contribution in [0.2, 0.25) is 18.1 Å². The molecule has 0 amide bonds. The quantitative estimate of drug-likeness (QED) is 0.234. The highest BCUT2D eigenvalue weighted by molar-refractivity contribution is 6.74. The van der Waals surface area contributed by atoms with Gasteiger partial charge >= 0.3 is 5.97 Å². The maximum absolute atomic E-state index is 11.4. The maximum Gasteiger partial charge on any atom is 0.384 e. The van der Waals surface area contributed by atoms with Gasteiger partial charge in [0.2, 0.25) is 0 Å². The summed E-state index contributed by atoms with van der Waals surface area (Å²) in [5, 5.41) is 0.118. The number of carbonyl (C=O) groups excluding carboxylic acids is 1. The zero-order valence-electron chi connectivity index (χ0n) is 15.5. The van der Waals surface area contributed by atoms with E-state index >= 15 is 0 Å². The molecule has 0 aliphatic rings. The molecule has 22 heavy (non-hydrogen) atoms. The summed E-state index contributed by atoms with van der Waals surface area (Å²) < 4.78 is 11.2. The lowest BCUT2D eigenvalue weighted by atomic mass is 10.1. The van der Waals surface area contributed by atoms with E-state index in [1.807, 2.05) is 0 Å². The molecule has 0 aliphatic heterocycles. The summed E-state index contributed by atoms with van der Waals surface area (Å²) in [6, 6.07) is 0. The van der Waals surface area contributed by atoms with E-state index in [0.29, 0.717) is 6.61 Å². The fraction of sp³-hybridized carbons (Fsp3) is 0.722. The summed E-state index contributed by atoms with van der Waals surface area (Å²) in [6.45, 7) is 17.3. The van der Waals surface area contributed by atoms with Gasteiger partial charge in [-0.1, -0.05) is 38.3 Å². The molecule has 0 aromatic rings. The Kier molecular flexibility index (Phi) is 8.73. The zero-order chi connectivity index (χ0) is 17.4. The van der Waals surface area contributed by atoms with Crippen LogP contribution in [0.5, 0.6) is 0 Å². The summed E-state index contributed by atoms with van der Waals surface area (Å²) in [5.74, 6) is 5.05. The van der Waals surface area contributed by atoms with Crippen molar-refractivity contribution in [1.29, 1.82) is 0 Å². The molecule has 0 radical (unpaired) electrons. The third kappa shape index (κ3) is 8.40. The molecular formula is C18H32O3Si. The first-order valence-electron chi connectivity index (χ1n) is 7.99. The van der Waals surface area contributed by atoms with Crippen LogP contribution in [0, 0.1) is 11.8 Å². The van der Waals surface area contributed by atoms with E-state index in [4.69, 9.17) is 9.16 Å². The molecule has 0 rings (SSSR count). The minimum Gasteiger partial charge on any atom is -0.456 e. The van der Waals surface area contributed by atoms with E-state index in [0.717, 1.165) is 12.8 Å². The lowest BCUT2D eigenvalue weighted by molar-refractivity contribution is -0.136. The molecule has 1 unspecified atom stereocenters. The van der Waals surface area contributed by atoms with E-state index in [-0.39, 0.29) is 11.1 Å². The highest BCUT2D eigenvalue weighted by Gasteiger charge is 2.38. The molecule has 0 aromatic carbocycles. The predicted octanol–water partition coefficient (Wildman–Crippen LogP) is 4.69. The first kappa shape index (κ1) is 20.9. The van der Waals surface area contributed by atoms with E-state index in [2.05, 4.69) is 65.6 Å². The molecule has 1 atom stereocenters. The lowest BCUT2D eigenvalue weighted by Crippen LogP contribution is -2.43. The molecule has 0 bridgehead atoms. The Balaban J connectivity index is 5.01. The molecular weight excluding hydrogens is 292 g/mol. The number of esters is 1. The first-order valence-corrected chi connectivity index (χ1v) is 10.9. The van der Waals surface area contributed by atoms with Gasteiger partial charge in [0.15, 0.2) is 8.32 Å². The Bertz CT molecular complexity index is 443. The Morgan fingerprint density at radius 2 is 1.86 bits per heavy atom. The minimum atomic E-state index is -1.91. The van der Waals surface area contributed by atoms with Gasteiger partial charge < -0.3 is 9.16 Å². The van der Waals surface area contributed by atoms with Crippen molar-refractivity contribution < 1.29 is 14.0 Å². The van der Waals surface area contributed by atoms with E-state index < -0.39 is 14.3 Å². The highest BCUT2D eigenvalue weighted by Crippen LogP contribution is 2.37. The SMILES string of the molecule is CCOC(=O)C#CC(CCC=C(C)C)O[Si](C)(C)C(C)(C)C. The monoisotopic (exact) mass is 324 g/mol. The van der Waals surface area contributed by atoms with E-state index in [1.54, 1.807) is 6.92 Å². The van der Waals surface area contributed by atoms with Crippen molar-refractivity contribution in [1.82, 2.24) is 0 Å². The molecule has 0 fully saturated rings. The molecule has 0 aliphatic carbocycles. The molecule has 126 valence electrons. The van der Waals surface area contributed by atoms with Gasteiger partial charge in [-0.25, -0.2) is 4.79 Å². The molecule has 0 aromatic heterocycles. The number of ether oxygens (including phenoxy) is 1. The Morgan fingerprint density at radius 1 is 1.27 bits per heavy atom. The van der Waals surface area contributed by atoms with Crippen molar-refractivity contribution in [2.45, 2.75) is 78.6 Å². The highest BCUT2D eigenvalue weighted by atomic mass is 28.4. The maximum atomic E-state index is 11.4. The molecule has 0 N–H and O–H groups in total. The smallest absolute Gasteiger partial charge is 0.384 e. The summed E-state index contributed by atoms with van der Waals surface area (Å²) in [6.07, 6.45) is 3.65. The number of rotatable bonds is 6. The van der Waals surface area contributed by atoms with Crippen LogP contribution < -0.4 is 0 Å². The predicted molar refractivity (Wildman–Crippen MR) is 95.1 cm³/mol. The number of hydrogen-bond acceptors (Lipinski definition) is 3. The Hall–Kier alpha value is -1.05. The van der Waals surface area contributed by atoms with Gasteiger partial charge in [0.25, 0.3) is 0 Å². The topological polar surface area (TPSA) is 35.5 Å². The van der Waals surface area contributed by atoms with Gasteiger partial charge in [0, 0.05) is 5.92 Å². The summed E-state index contributed by atoms with van der Waals surface area (Å²) in [4.78, 5) is 11.4. The number of carbonyl (C=O) groups is 1. The van der Waals surface area contributed by atoms with Crippen molar-refractivity contribution in [3.8, 4) is 11.8 Å². The van der Waals surface area contributed by atoms with Crippen LogP contribution in [0.4, 0.5) is 0 Å². The third-order valence-corrected chi connectivity index (χ3v) is 8.32. The Morgan fingerprint density at radius 3 is 2.32 bits per heavy atom. The van der Waals surface area contributed by atoms with Gasteiger partial charge in [-0.3, -0.25) is 0 Å².